The molecule has 1 aromatic carbocycles. The summed E-state index contributed by atoms with van der Waals surface area (Å²) in [5.74, 6) is 0.469. The van der Waals surface area contributed by atoms with Crippen molar-refractivity contribution in [3.05, 3.63) is 30.3 Å². The van der Waals surface area contributed by atoms with Crippen molar-refractivity contribution in [1.29, 1.82) is 0 Å². The molecule has 7 heteroatoms. The first-order valence-corrected chi connectivity index (χ1v) is 8.17. The summed E-state index contributed by atoms with van der Waals surface area (Å²) in [5, 5.41) is 11.1. The highest BCUT2D eigenvalue weighted by Gasteiger charge is 2.19. The van der Waals surface area contributed by atoms with Gasteiger partial charge in [0.05, 0.1) is 0 Å². The number of carbonyl (C=O) groups excluding carboxylic acids is 1. The van der Waals surface area contributed by atoms with Crippen LogP contribution in [-0.4, -0.2) is 28.5 Å². The summed E-state index contributed by atoms with van der Waals surface area (Å²) in [6.07, 6.45) is 1.95. The molecule has 0 aliphatic carbocycles. The van der Waals surface area contributed by atoms with Crippen LogP contribution in [0.2, 0.25) is 0 Å². The predicted octanol–water partition coefficient (Wildman–Crippen LogP) is 3.06. The molecule has 0 saturated carbocycles. The molecule has 0 bridgehead atoms. The molecule has 1 aromatic heterocycles. The molecule has 0 aliphatic rings. The van der Waals surface area contributed by atoms with Crippen molar-refractivity contribution in [3.63, 3.8) is 0 Å². The van der Waals surface area contributed by atoms with E-state index in [9.17, 15) is 4.79 Å². The van der Waals surface area contributed by atoms with Crippen LogP contribution in [0.1, 0.15) is 13.3 Å². The molecular weight excluding hydrogens is 294 g/mol. The molecule has 2 rings (SSSR count). The third-order valence-electron chi connectivity index (χ3n) is 2.50. The predicted molar refractivity (Wildman–Crippen MR) is 81.5 cm³/mol. The van der Waals surface area contributed by atoms with Crippen LogP contribution in [0.3, 0.4) is 0 Å². The number of para-hydroxylation sites is 1. The molecule has 5 nitrogen and oxygen atoms in total. The van der Waals surface area contributed by atoms with Crippen molar-refractivity contribution < 1.29 is 9.53 Å². The van der Waals surface area contributed by atoms with Crippen LogP contribution in [0.25, 0.3) is 0 Å². The topological polar surface area (TPSA) is 64.1 Å². The zero-order chi connectivity index (χ0) is 14.4. The number of hydrogen-bond acceptors (Lipinski definition) is 6. The van der Waals surface area contributed by atoms with Gasteiger partial charge in [-0.25, -0.2) is 0 Å². The summed E-state index contributed by atoms with van der Waals surface area (Å²) >= 11 is 2.84. The number of hydrogen-bond donors (Lipinski definition) is 1. The van der Waals surface area contributed by atoms with Gasteiger partial charge in [-0.15, -0.1) is 10.2 Å². The highest BCUT2D eigenvalue weighted by molar-refractivity contribution is 8.00. The van der Waals surface area contributed by atoms with Crippen LogP contribution in [0.4, 0.5) is 5.13 Å². The lowest BCUT2D eigenvalue weighted by Gasteiger charge is -2.16. The van der Waals surface area contributed by atoms with E-state index in [-0.39, 0.29) is 5.91 Å². The number of ether oxygens (including phenoxy) is 1. The van der Waals surface area contributed by atoms with Crippen LogP contribution in [0.5, 0.6) is 5.75 Å². The van der Waals surface area contributed by atoms with E-state index in [4.69, 9.17) is 4.74 Å². The maximum atomic E-state index is 12.1. The van der Waals surface area contributed by atoms with Crippen LogP contribution in [0.15, 0.2) is 34.7 Å². The van der Waals surface area contributed by atoms with Crippen LogP contribution in [0, 0.1) is 0 Å². The van der Waals surface area contributed by atoms with Crippen molar-refractivity contribution in [2.45, 2.75) is 23.8 Å². The molecule has 1 unspecified atom stereocenters. The molecule has 1 amide bonds. The van der Waals surface area contributed by atoms with E-state index in [2.05, 4.69) is 15.5 Å². The van der Waals surface area contributed by atoms with Gasteiger partial charge in [0.2, 0.25) is 5.13 Å². The van der Waals surface area contributed by atoms with Gasteiger partial charge >= 0.3 is 0 Å². The Hall–Kier alpha value is -1.60. The van der Waals surface area contributed by atoms with E-state index in [1.165, 1.54) is 23.1 Å². The number of aromatic nitrogens is 2. The van der Waals surface area contributed by atoms with Crippen LogP contribution in [-0.2, 0) is 4.79 Å². The first-order valence-electron chi connectivity index (χ1n) is 6.13. The van der Waals surface area contributed by atoms with Crippen molar-refractivity contribution in [1.82, 2.24) is 10.2 Å². The average Bonchev–Trinajstić information content (AvgIpc) is 2.93. The molecule has 1 heterocycles. The van der Waals surface area contributed by atoms with Crippen LogP contribution < -0.4 is 10.1 Å². The Morgan fingerprint density at radius 1 is 1.40 bits per heavy atom. The van der Waals surface area contributed by atoms with E-state index in [1.807, 2.05) is 43.5 Å². The van der Waals surface area contributed by atoms with Crippen LogP contribution >= 0.6 is 23.1 Å². The number of anilines is 1. The van der Waals surface area contributed by atoms with Crippen molar-refractivity contribution in [2.75, 3.05) is 11.6 Å². The molecule has 1 N–H and O–H groups in total. The number of benzene rings is 1. The van der Waals surface area contributed by atoms with Gasteiger partial charge < -0.3 is 4.74 Å². The molecule has 0 aliphatic heterocycles. The normalized spacial score (nSPS) is 11.9. The van der Waals surface area contributed by atoms with Gasteiger partial charge in [-0.1, -0.05) is 48.2 Å². The average molecular weight is 309 g/mol. The number of amides is 1. The Kier molecular flexibility index (Phi) is 5.37. The molecule has 0 saturated heterocycles. The maximum Gasteiger partial charge on any atom is 0.267 e. The minimum absolute atomic E-state index is 0.208. The fourth-order valence-corrected chi connectivity index (χ4v) is 2.69. The van der Waals surface area contributed by atoms with Gasteiger partial charge in [-0.05, 0) is 24.8 Å². The fraction of sp³-hybridized carbons (Fsp3) is 0.308. The molecule has 2 aromatic rings. The zero-order valence-electron chi connectivity index (χ0n) is 11.2. The largest absolute Gasteiger partial charge is 0.481 e. The summed E-state index contributed by atoms with van der Waals surface area (Å²) in [6.45, 7) is 1.90. The van der Waals surface area contributed by atoms with Crippen molar-refractivity contribution in [3.8, 4) is 5.75 Å². The molecule has 106 valence electrons. The summed E-state index contributed by atoms with van der Waals surface area (Å²) in [5.41, 5.74) is 0. The standard InChI is InChI=1S/C13H15N3O2S2/c1-3-10(18-9-7-5-4-6-8-9)11(17)14-12-15-16-13(19-2)20-12/h4-8,10H,3H2,1-2H3,(H,14,15,17). The quantitative estimate of drug-likeness (QED) is 0.656. The second kappa shape index (κ2) is 7.25. The lowest BCUT2D eigenvalue weighted by Crippen LogP contribution is -2.32. The number of thioether (sulfide) groups is 1. The summed E-state index contributed by atoms with van der Waals surface area (Å²) < 4.78 is 6.49. The SMILES string of the molecule is CCC(Oc1ccccc1)C(=O)Nc1nnc(SC)s1. The lowest BCUT2D eigenvalue weighted by molar-refractivity contribution is -0.122. The first kappa shape index (κ1) is 14.8. The third-order valence-corrected chi connectivity index (χ3v) is 4.31. The Morgan fingerprint density at radius 2 is 2.15 bits per heavy atom. The van der Waals surface area contributed by atoms with Gasteiger partial charge in [-0.3, -0.25) is 10.1 Å². The first-order chi connectivity index (χ1) is 9.72. The van der Waals surface area contributed by atoms with Crippen molar-refractivity contribution in [2.24, 2.45) is 0 Å². The van der Waals surface area contributed by atoms with Gasteiger partial charge in [-0.2, -0.15) is 0 Å². The fourth-order valence-electron chi connectivity index (χ4n) is 1.51. The van der Waals surface area contributed by atoms with Crippen molar-refractivity contribution >= 4 is 34.1 Å². The smallest absolute Gasteiger partial charge is 0.267 e. The minimum Gasteiger partial charge on any atom is -0.481 e. The lowest BCUT2D eigenvalue weighted by atomic mass is 10.2. The van der Waals surface area contributed by atoms with E-state index < -0.39 is 6.10 Å². The van der Waals surface area contributed by atoms with Gasteiger partial charge in [0, 0.05) is 0 Å². The van der Waals surface area contributed by atoms with Gasteiger partial charge in [0.15, 0.2) is 10.4 Å². The highest BCUT2D eigenvalue weighted by Crippen LogP contribution is 2.23. The van der Waals surface area contributed by atoms with Gasteiger partial charge in [0.1, 0.15) is 5.75 Å². The van der Waals surface area contributed by atoms with E-state index in [0.717, 1.165) is 4.34 Å². The molecule has 0 radical (unpaired) electrons. The summed E-state index contributed by atoms with van der Waals surface area (Å²) in [7, 11) is 0. The Labute approximate surface area is 125 Å². The zero-order valence-corrected chi connectivity index (χ0v) is 12.8. The number of nitrogens with zero attached hydrogens (tertiary/aromatic N) is 2. The number of rotatable bonds is 6. The Bertz CT molecular complexity index is 560. The molecule has 20 heavy (non-hydrogen) atoms. The second-order valence-corrected chi connectivity index (χ2v) is 5.93. The monoisotopic (exact) mass is 309 g/mol. The van der Waals surface area contributed by atoms with E-state index >= 15 is 0 Å². The molecule has 1 atom stereocenters. The molecule has 0 fully saturated rings. The molecule has 0 spiro atoms. The maximum absolute atomic E-state index is 12.1. The highest BCUT2D eigenvalue weighted by atomic mass is 32.2. The van der Waals surface area contributed by atoms with Gasteiger partial charge in [0.25, 0.3) is 5.91 Å². The minimum atomic E-state index is -0.543. The summed E-state index contributed by atoms with van der Waals surface area (Å²) in [6, 6.07) is 9.30. The number of nitrogens with one attached hydrogen (secondary N) is 1. The Morgan fingerprint density at radius 3 is 2.75 bits per heavy atom. The Balaban J connectivity index is 1.98. The van der Waals surface area contributed by atoms with E-state index in [1.54, 1.807) is 0 Å². The second-order valence-electron chi connectivity index (χ2n) is 3.89. The molecular formula is C13H15N3O2S2. The summed E-state index contributed by atoms with van der Waals surface area (Å²) in [4.78, 5) is 12.1. The third kappa shape index (κ3) is 3.94. The van der Waals surface area contributed by atoms with E-state index in [0.29, 0.717) is 17.3 Å². The number of carbonyl (C=O) groups is 1.